The number of rotatable bonds is 4. The minimum atomic E-state index is -6.05. The van der Waals surface area contributed by atoms with Crippen molar-refractivity contribution in [3.8, 4) is 0 Å². The maximum absolute atomic E-state index is 13.6. The first kappa shape index (κ1) is 19.7. The summed E-state index contributed by atoms with van der Waals surface area (Å²) in [5, 5.41) is 0. The topological polar surface area (TPSA) is 80.3 Å². The van der Waals surface area contributed by atoms with Crippen LogP contribution < -0.4 is 4.72 Å². The molecule has 2 aromatic rings. The molecule has 0 bridgehead atoms. The highest BCUT2D eigenvalue weighted by atomic mass is 79.9. The summed E-state index contributed by atoms with van der Waals surface area (Å²) in [5.41, 5.74) is -5.71. The molecule has 2 aromatic carbocycles. The molecule has 0 heterocycles. The van der Waals surface area contributed by atoms with Gasteiger partial charge >= 0.3 is 5.51 Å². The molecule has 0 unspecified atom stereocenters. The molecule has 0 aromatic heterocycles. The van der Waals surface area contributed by atoms with Crippen LogP contribution >= 0.6 is 15.9 Å². The Morgan fingerprint density at radius 3 is 2.12 bits per heavy atom. The molecule has 0 saturated carbocycles. The SMILES string of the molecule is O=S(=O)(Nc1ccccc1Br)c1ccc(F)c(S(=O)(=O)C(F)(F)F)c1. The lowest BCUT2D eigenvalue weighted by Gasteiger charge is -2.12. The van der Waals surface area contributed by atoms with Gasteiger partial charge in [-0.2, -0.15) is 13.2 Å². The van der Waals surface area contributed by atoms with E-state index < -0.39 is 41.0 Å². The van der Waals surface area contributed by atoms with Gasteiger partial charge in [-0.25, -0.2) is 21.2 Å². The number of para-hydroxylation sites is 1. The molecule has 0 fully saturated rings. The predicted molar refractivity (Wildman–Crippen MR) is 84.6 cm³/mol. The molecule has 12 heteroatoms. The van der Waals surface area contributed by atoms with Gasteiger partial charge in [0.25, 0.3) is 19.9 Å². The van der Waals surface area contributed by atoms with Crippen LogP contribution in [0.1, 0.15) is 0 Å². The van der Waals surface area contributed by atoms with E-state index in [0.29, 0.717) is 16.6 Å². The van der Waals surface area contributed by atoms with Crippen molar-refractivity contribution in [1.29, 1.82) is 0 Å². The lowest BCUT2D eigenvalue weighted by molar-refractivity contribution is -0.0437. The molecule has 0 radical (unpaired) electrons. The number of halogens is 5. The Bertz CT molecular complexity index is 1020. The monoisotopic (exact) mass is 461 g/mol. The molecule has 5 nitrogen and oxygen atoms in total. The van der Waals surface area contributed by atoms with E-state index in [-0.39, 0.29) is 11.8 Å². The number of nitrogens with one attached hydrogen (secondary N) is 1. The summed E-state index contributed by atoms with van der Waals surface area (Å²) in [6, 6.07) is 7.07. The van der Waals surface area contributed by atoms with Gasteiger partial charge in [0.2, 0.25) is 0 Å². The predicted octanol–water partition coefficient (Wildman–Crippen LogP) is 3.68. The first-order chi connectivity index (χ1) is 11.4. The number of sulfone groups is 1. The van der Waals surface area contributed by atoms with Crippen molar-refractivity contribution in [2.45, 2.75) is 15.3 Å². The van der Waals surface area contributed by atoms with Gasteiger partial charge in [-0.3, -0.25) is 4.72 Å². The van der Waals surface area contributed by atoms with Crippen LogP contribution in [0, 0.1) is 5.82 Å². The minimum Gasteiger partial charge on any atom is -0.278 e. The van der Waals surface area contributed by atoms with Crippen molar-refractivity contribution < 1.29 is 34.4 Å². The summed E-state index contributed by atoms with van der Waals surface area (Å²) in [4.78, 5) is -2.61. The van der Waals surface area contributed by atoms with Crippen LogP contribution in [0.4, 0.5) is 23.2 Å². The van der Waals surface area contributed by atoms with Crippen LogP contribution in [0.3, 0.4) is 0 Å². The molecule has 1 N–H and O–H groups in total. The maximum Gasteiger partial charge on any atom is 0.502 e. The van der Waals surface area contributed by atoms with Crippen LogP contribution in [0.2, 0.25) is 0 Å². The van der Waals surface area contributed by atoms with E-state index in [1.165, 1.54) is 18.2 Å². The van der Waals surface area contributed by atoms with Crippen molar-refractivity contribution in [3.63, 3.8) is 0 Å². The molecule has 0 amide bonds. The Kier molecular flexibility index (Phi) is 5.17. The van der Waals surface area contributed by atoms with Gasteiger partial charge in [-0.05, 0) is 46.3 Å². The number of hydrogen-bond donors (Lipinski definition) is 1. The van der Waals surface area contributed by atoms with Crippen molar-refractivity contribution in [3.05, 3.63) is 52.8 Å². The Morgan fingerprint density at radius 2 is 1.56 bits per heavy atom. The molecule has 0 spiro atoms. The summed E-state index contributed by atoms with van der Waals surface area (Å²) in [6.07, 6.45) is 0. The van der Waals surface area contributed by atoms with E-state index >= 15 is 0 Å². The van der Waals surface area contributed by atoms with Gasteiger partial charge < -0.3 is 0 Å². The fraction of sp³-hybridized carbons (Fsp3) is 0.0769. The molecular formula is C13H8BrF4NO4S2. The van der Waals surface area contributed by atoms with Gasteiger partial charge in [-0.1, -0.05) is 12.1 Å². The van der Waals surface area contributed by atoms with E-state index in [4.69, 9.17) is 0 Å². The van der Waals surface area contributed by atoms with Crippen LogP contribution in [-0.4, -0.2) is 22.3 Å². The normalized spacial score (nSPS) is 12.8. The third-order valence-electron chi connectivity index (χ3n) is 2.93. The highest BCUT2D eigenvalue weighted by molar-refractivity contribution is 9.10. The number of sulfonamides is 1. The van der Waals surface area contributed by atoms with Crippen molar-refractivity contribution in [1.82, 2.24) is 0 Å². The quantitative estimate of drug-likeness (QED) is 0.704. The number of hydrogen-bond acceptors (Lipinski definition) is 4. The largest absolute Gasteiger partial charge is 0.502 e. The first-order valence-corrected chi connectivity index (χ1v) is 10.0. The third-order valence-corrected chi connectivity index (χ3v) is 6.48. The van der Waals surface area contributed by atoms with Gasteiger partial charge in [0.05, 0.1) is 10.6 Å². The summed E-state index contributed by atoms with van der Waals surface area (Å²) in [7, 11) is -10.5. The zero-order chi connectivity index (χ0) is 19.0. The Balaban J connectivity index is 2.54. The van der Waals surface area contributed by atoms with Gasteiger partial charge in [0.15, 0.2) is 0 Å². The maximum atomic E-state index is 13.6. The van der Waals surface area contributed by atoms with Crippen LogP contribution in [0.15, 0.2) is 56.7 Å². The number of benzene rings is 2. The molecule has 2 rings (SSSR count). The van der Waals surface area contributed by atoms with E-state index in [0.717, 1.165) is 0 Å². The van der Waals surface area contributed by atoms with Crippen molar-refractivity contribution in [2.24, 2.45) is 0 Å². The molecule has 0 saturated heterocycles. The van der Waals surface area contributed by atoms with Gasteiger partial charge in [0.1, 0.15) is 10.7 Å². The second-order valence-electron chi connectivity index (χ2n) is 4.63. The Morgan fingerprint density at radius 1 is 0.960 bits per heavy atom. The first-order valence-electron chi connectivity index (χ1n) is 6.24. The second kappa shape index (κ2) is 6.57. The number of anilines is 1. The van der Waals surface area contributed by atoms with Crippen molar-refractivity contribution in [2.75, 3.05) is 4.72 Å². The fourth-order valence-corrected chi connectivity index (χ4v) is 4.28. The Labute approximate surface area is 148 Å². The van der Waals surface area contributed by atoms with Gasteiger partial charge in [-0.15, -0.1) is 0 Å². The molecule has 0 aliphatic carbocycles. The third kappa shape index (κ3) is 3.96. The fourth-order valence-electron chi connectivity index (χ4n) is 1.73. The molecule has 0 aliphatic rings. The van der Waals surface area contributed by atoms with Crippen LogP contribution in [-0.2, 0) is 19.9 Å². The summed E-state index contributed by atoms with van der Waals surface area (Å²) < 4.78 is 101. The van der Waals surface area contributed by atoms with E-state index in [2.05, 4.69) is 20.7 Å². The Hall–Kier alpha value is -1.66. The summed E-state index contributed by atoms with van der Waals surface area (Å²) in [5.74, 6) is -1.71. The van der Waals surface area contributed by atoms with Gasteiger partial charge in [0, 0.05) is 4.47 Å². The van der Waals surface area contributed by atoms with E-state index in [1.807, 2.05) is 0 Å². The highest BCUT2D eigenvalue weighted by Crippen LogP contribution is 2.33. The second-order valence-corrected chi connectivity index (χ2v) is 9.07. The zero-order valence-corrected chi connectivity index (χ0v) is 15.1. The smallest absolute Gasteiger partial charge is 0.278 e. The molecule has 25 heavy (non-hydrogen) atoms. The van der Waals surface area contributed by atoms with Crippen LogP contribution in [0.25, 0.3) is 0 Å². The average Bonchev–Trinajstić information content (AvgIpc) is 2.48. The van der Waals surface area contributed by atoms with Crippen LogP contribution in [0.5, 0.6) is 0 Å². The highest BCUT2D eigenvalue weighted by Gasteiger charge is 2.48. The molecular weight excluding hydrogens is 454 g/mol. The minimum absolute atomic E-state index is 0.0621. The van der Waals surface area contributed by atoms with E-state index in [1.54, 1.807) is 6.07 Å². The summed E-state index contributed by atoms with van der Waals surface area (Å²) in [6.45, 7) is 0. The average molecular weight is 462 g/mol. The van der Waals surface area contributed by atoms with Crippen molar-refractivity contribution >= 4 is 41.5 Å². The summed E-state index contributed by atoms with van der Waals surface area (Å²) >= 11 is 3.07. The zero-order valence-electron chi connectivity index (χ0n) is 11.9. The standard InChI is InChI=1S/C13H8BrF4NO4S2/c14-9-3-1-2-4-11(9)19-25(22,23)8-5-6-10(15)12(7-8)24(20,21)13(16,17)18/h1-7,19H. The number of alkyl halides is 3. The molecule has 0 atom stereocenters. The van der Waals surface area contributed by atoms with E-state index in [9.17, 15) is 34.4 Å². The lowest BCUT2D eigenvalue weighted by atomic mass is 10.3. The molecule has 136 valence electrons. The lowest BCUT2D eigenvalue weighted by Crippen LogP contribution is -2.25. The molecule has 0 aliphatic heterocycles.